The molecule has 2 N–H and O–H groups in total. The Labute approximate surface area is 253 Å². The Morgan fingerprint density at radius 3 is 1.77 bits per heavy atom. The van der Waals surface area contributed by atoms with Crippen molar-refractivity contribution in [3.8, 4) is 11.5 Å². The lowest BCUT2D eigenvalue weighted by molar-refractivity contribution is 0.00505. The van der Waals surface area contributed by atoms with Crippen LogP contribution in [0.25, 0.3) is 0 Å². The van der Waals surface area contributed by atoms with E-state index >= 15 is 0 Å². The van der Waals surface area contributed by atoms with Crippen molar-refractivity contribution >= 4 is 29.5 Å². The van der Waals surface area contributed by atoms with Crippen molar-refractivity contribution < 1.29 is 23.7 Å². The van der Waals surface area contributed by atoms with Gasteiger partial charge in [-0.05, 0) is 55.5 Å². The van der Waals surface area contributed by atoms with Gasteiger partial charge in [0, 0.05) is 0 Å². The van der Waals surface area contributed by atoms with E-state index in [1.54, 1.807) is 18.5 Å². The smallest absolute Gasteiger partial charge is 0.145 e. The third kappa shape index (κ3) is 11.7. The number of para-hydroxylation sites is 4. The minimum atomic E-state index is 0.394. The van der Waals surface area contributed by atoms with Gasteiger partial charge in [-0.25, -0.2) is 4.98 Å². The quantitative estimate of drug-likeness (QED) is 0.0873. The van der Waals surface area contributed by atoms with Crippen LogP contribution in [-0.4, -0.2) is 70.3 Å². The highest BCUT2D eigenvalue weighted by molar-refractivity contribution is 5.84. The molecule has 0 aliphatic heterocycles. The summed E-state index contributed by atoms with van der Waals surface area (Å²) < 4.78 is 28.2. The molecule has 0 radical (unpaired) electrons. The number of aryl methyl sites for hydroxylation is 1. The van der Waals surface area contributed by atoms with Crippen molar-refractivity contribution in [3.63, 3.8) is 0 Å². The highest BCUT2D eigenvalue weighted by atomic mass is 16.6. The number of hydrogen-bond donors (Lipinski definition) is 1. The molecule has 0 amide bonds. The maximum Gasteiger partial charge on any atom is 0.145 e. The van der Waals surface area contributed by atoms with Gasteiger partial charge in [-0.1, -0.05) is 48.0 Å². The molecule has 43 heavy (non-hydrogen) atoms. The second kappa shape index (κ2) is 18.1. The van der Waals surface area contributed by atoms with Gasteiger partial charge in [-0.15, -0.1) is 0 Å². The van der Waals surface area contributed by atoms with E-state index in [9.17, 15) is 0 Å². The van der Waals surface area contributed by atoms with Gasteiger partial charge in [0.1, 0.15) is 30.4 Å². The first kappa shape index (κ1) is 31.4. The maximum absolute atomic E-state index is 5.91. The standard InChI is InChI=1S/C34H38N4O5/c1-27-13-15-28(16-14-27)36-25-29-7-6-8-30(38-29)26-37-32-10-3-5-12-34(32)43-24-22-41-20-18-39-17-19-40-21-23-42-33-11-4-2-9-31(33)35/h2-16,25-26H,17-24,35H2,1H3. The summed E-state index contributed by atoms with van der Waals surface area (Å²) in [5.41, 5.74) is 10.7. The monoisotopic (exact) mass is 582 g/mol. The summed E-state index contributed by atoms with van der Waals surface area (Å²) in [7, 11) is 0. The first-order chi connectivity index (χ1) is 21.2. The van der Waals surface area contributed by atoms with Crippen LogP contribution in [0.4, 0.5) is 17.1 Å². The Kier molecular flexibility index (Phi) is 13.2. The van der Waals surface area contributed by atoms with E-state index in [2.05, 4.69) is 21.9 Å². The van der Waals surface area contributed by atoms with Crippen LogP contribution in [0.2, 0.25) is 0 Å². The van der Waals surface area contributed by atoms with Gasteiger partial charge in [0.05, 0.1) is 74.8 Å². The molecule has 1 aromatic heterocycles. The molecule has 0 fully saturated rings. The first-order valence-electron chi connectivity index (χ1n) is 14.2. The van der Waals surface area contributed by atoms with Crippen LogP contribution in [0.3, 0.4) is 0 Å². The van der Waals surface area contributed by atoms with E-state index < -0.39 is 0 Å². The van der Waals surface area contributed by atoms with Crippen molar-refractivity contribution in [2.45, 2.75) is 6.92 Å². The van der Waals surface area contributed by atoms with Crippen molar-refractivity contribution in [2.75, 3.05) is 58.6 Å². The minimum absolute atomic E-state index is 0.394. The Morgan fingerprint density at radius 1 is 0.581 bits per heavy atom. The molecule has 9 nitrogen and oxygen atoms in total. The Balaban J connectivity index is 1.09. The van der Waals surface area contributed by atoms with E-state index in [0.29, 0.717) is 75.7 Å². The van der Waals surface area contributed by atoms with Crippen molar-refractivity contribution in [3.05, 3.63) is 108 Å². The van der Waals surface area contributed by atoms with Crippen LogP contribution in [0.5, 0.6) is 11.5 Å². The van der Waals surface area contributed by atoms with Crippen LogP contribution in [0.15, 0.2) is 101 Å². The second-order valence-corrected chi connectivity index (χ2v) is 9.38. The van der Waals surface area contributed by atoms with Crippen LogP contribution >= 0.6 is 0 Å². The van der Waals surface area contributed by atoms with Gasteiger partial charge in [-0.2, -0.15) is 0 Å². The fourth-order valence-electron chi connectivity index (χ4n) is 3.78. The molecular weight excluding hydrogens is 544 g/mol. The van der Waals surface area contributed by atoms with Crippen LogP contribution in [0.1, 0.15) is 17.0 Å². The van der Waals surface area contributed by atoms with Gasteiger partial charge in [0.25, 0.3) is 0 Å². The number of rotatable bonds is 18. The fraction of sp³-hybridized carbons (Fsp3) is 0.265. The van der Waals surface area contributed by atoms with Gasteiger partial charge in [0.2, 0.25) is 0 Å². The summed E-state index contributed by atoms with van der Waals surface area (Å²) in [6, 6.07) is 28.8. The number of benzene rings is 3. The number of nitrogens with two attached hydrogens (primary N) is 1. The summed E-state index contributed by atoms with van der Waals surface area (Å²) in [4.78, 5) is 13.7. The van der Waals surface area contributed by atoms with E-state index in [0.717, 1.165) is 17.1 Å². The van der Waals surface area contributed by atoms with E-state index in [1.807, 2.05) is 84.9 Å². The van der Waals surface area contributed by atoms with Crippen LogP contribution < -0.4 is 15.2 Å². The summed E-state index contributed by atoms with van der Waals surface area (Å²) in [6.07, 6.45) is 3.47. The SMILES string of the molecule is Cc1ccc(N=Cc2cccc(C=Nc3ccccc3OCCOCCOCCOCCOc3ccccc3N)n2)cc1. The van der Waals surface area contributed by atoms with Crippen molar-refractivity contribution in [1.82, 2.24) is 4.98 Å². The Morgan fingerprint density at radius 2 is 1.12 bits per heavy atom. The number of pyridine rings is 1. The normalized spacial score (nSPS) is 11.4. The van der Waals surface area contributed by atoms with Crippen LogP contribution in [-0.2, 0) is 14.2 Å². The third-order valence-corrected chi connectivity index (χ3v) is 6.01. The Bertz CT molecular complexity index is 1440. The molecular formula is C34H38N4O5. The maximum atomic E-state index is 5.91. The zero-order chi connectivity index (χ0) is 30.0. The zero-order valence-electron chi connectivity index (χ0n) is 24.4. The number of aromatic nitrogens is 1. The van der Waals surface area contributed by atoms with Gasteiger partial charge in [0.15, 0.2) is 0 Å². The molecule has 1 heterocycles. The summed E-state index contributed by atoms with van der Waals surface area (Å²) in [6.45, 7) is 5.67. The molecule has 0 saturated heterocycles. The number of aliphatic imine (C=N–C) groups is 2. The fourth-order valence-corrected chi connectivity index (χ4v) is 3.78. The molecule has 0 atom stereocenters. The molecule has 0 unspecified atom stereocenters. The number of nitrogen functional groups attached to an aromatic ring is 1. The summed E-state index contributed by atoms with van der Waals surface area (Å²) in [5.74, 6) is 1.34. The molecule has 0 spiro atoms. The molecule has 0 aliphatic rings. The largest absolute Gasteiger partial charge is 0.489 e. The highest BCUT2D eigenvalue weighted by Crippen LogP contribution is 2.26. The molecule has 4 rings (SSSR count). The Hall–Kier alpha value is -4.57. The summed E-state index contributed by atoms with van der Waals surface area (Å²) >= 11 is 0. The topological polar surface area (TPSA) is 110 Å². The van der Waals surface area contributed by atoms with Crippen molar-refractivity contribution in [1.29, 1.82) is 0 Å². The predicted octanol–water partition coefficient (Wildman–Crippen LogP) is 5.98. The minimum Gasteiger partial charge on any atom is -0.489 e. The van der Waals surface area contributed by atoms with E-state index in [4.69, 9.17) is 29.4 Å². The lowest BCUT2D eigenvalue weighted by Gasteiger charge is -2.10. The molecule has 0 saturated carbocycles. The molecule has 0 aliphatic carbocycles. The number of ether oxygens (including phenoxy) is 5. The van der Waals surface area contributed by atoms with Gasteiger partial charge < -0.3 is 29.4 Å². The molecule has 4 aromatic rings. The lowest BCUT2D eigenvalue weighted by atomic mass is 10.2. The molecule has 3 aromatic carbocycles. The van der Waals surface area contributed by atoms with E-state index in [-0.39, 0.29) is 0 Å². The van der Waals surface area contributed by atoms with Crippen molar-refractivity contribution in [2.24, 2.45) is 9.98 Å². The number of nitrogens with zero attached hydrogens (tertiary/aromatic N) is 3. The van der Waals surface area contributed by atoms with Gasteiger partial charge in [-0.3, -0.25) is 9.98 Å². The predicted molar refractivity (Wildman–Crippen MR) is 171 cm³/mol. The number of anilines is 1. The lowest BCUT2D eigenvalue weighted by Crippen LogP contribution is -2.14. The second-order valence-electron chi connectivity index (χ2n) is 9.38. The van der Waals surface area contributed by atoms with E-state index in [1.165, 1.54) is 5.56 Å². The molecule has 224 valence electrons. The number of hydrogen-bond acceptors (Lipinski definition) is 9. The van der Waals surface area contributed by atoms with Crippen LogP contribution in [0, 0.1) is 6.92 Å². The average molecular weight is 583 g/mol. The first-order valence-corrected chi connectivity index (χ1v) is 14.2. The molecule has 0 bridgehead atoms. The zero-order valence-corrected chi connectivity index (χ0v) is 24.4. The average Bonchev–Trinajstić information content (AvgIpc) is 3.03. The van der Waals surface area contributed by atoms with Gasteiger partial charge >= 0.3 is 0 Å². The highest BCUT2D eigenvalue weighted by Gasteiger charge is 2.02. The third-order valence-electron chi connectivity index (χ3n) is 6.01. The molecule has 9 heteroatoms. The summed E-state index contributed by atoms with van der Waals surface area (Å²) in [5, 5.41) is 0.